The summed E-state index contributed by atoms with van der Waals surface area (Å²) in [5, 5.41) is 14.6. The molecule has 5 nitrogen and oxygen atoms in total. The number of urea groups is 1. The van der Waals surface area contributed by atoms with Crippen molar-refractivity contribution in [2.45, 2.75) is 39.2 Å². The van der Waals surface area contributed by atoms with Crippen molar-refractivity contribution in [2.24, 2.45) is 5.92 Å². The summed E-state index contributed by atoms with van der Waals surface area (Å²) in [6.45, 7) is 3.71. The van der Waals surface area contributed by atoms with Crippen LogP contribution in [0.15, 0.2) is 18.2 Å². The maximum absolute atomic E-state index is 11.8. The summed E-state index contributed by atoms with van der Waals surface area (Å²) < 4.78 is 0. The average Bonchev–Trinajstić information content (AvgIpc) is 3.14. The van der Waals surface area contributed by atoms with Gasteiger partial charge in [-0.3, -0.25) is 0 Å². The van der Waals surface area contributed by atoms with Gasteiger partial charge in [-0.2, -0.15) is 0 Å². The lowest BCUT2D eigenvalue weighted by Gasteiger charge is -2.14. The van der Waals surface area contributed by atoms with Gasteiger partial charge in [0.05, 0.1) is 5.56 Å². The highest BCUT2D eigenvalue weighted by Crippen LogP contribution is 2.33. The van der Waals surface area contributed by atoms with Crippen LogP contribution in [0, 0.1) is 12.8 Å². The van der Waals surface area contributed by atoms with E-state index in [0.29, 0.717) is 11.3 Å². The molecule has 0 heterocycles. The molecule has 0 aromatic heterocycles. The van der Waals surface area contributed by atoms with Crippen LogP contribution < -0.4 is 10.6 Å². The number of aryl methyl sites for hydroxylation is 1. The molecule has 0 aliphatic heterocycles. The smallest absolute Gasteiger partial charge is 0.336 e. The first-order valence-corrected chi connectivity index (χ1v) is 6.87. The molecule has 0 spiro atoms. The van der Waals surface area contributed by atoms with Crippen molar-refractivity contribution in [1.82, 2.24) is 5.32 Å². The van der Waals surface area contributed by atoms with Gasteiger partial charge in [0.2, 0.25) is 0 Å². The van der Waals surface area contributed by atoms with Crippen LogP contribution in [0.4, 0.5) is 10.5 Å². The van der Waals surface area contributed by atoms with E-state index in [1.807, 2.05) is 6.92 Å². The van der Waals surface area contributed by atoms with Crippen molar-refractivity contribution >= 4 is 17.7 Å². The molecule has 1 aromatic rings. The third-order valence-corrected chi connectivity index (χ3v) is 3.49. The molecule has 1 aliphatic rings. The predicted molar refractivity (Wildman–Crippen MR) is 77.1 cm³/mol. The Morgan fingerprint density at radius 3 is 2.70 bits per heavy atom. The van der Waals surface area contributed by atoms with Crippen LogP contribution in [0.1, 0.15) is 42.1 Å². The lowest BCUT2D eigenvalue weighted by Crippen LogP contribution is -2.36. The Bertz CT molecular complexity index is 524. The van der Waals surface area contributed by atoms with Gasteiger partial charge in [-0.15, -0.1) is 0 Å². The van der Waals surface area contributed by atoms with Crippen molar-refractivity contribution in [3.8, 4) is 0 Å². The Balaban J connectivity index is 1.93. The highest BCUT2D eigenvalue weighted by molar-refractivity contribution is 5.94. The molecule has 2 rings (SSSR count). The van der Waals surface area contributed by atoms with Gasteiger partial charge in [-0.25, -0.2) is 9.59 Å². The zero-order valence-corrected chi connectivity index (χ0v) is 11.8. The summed E-state index contributed by atoms with van der Waals surface area (Å²) in [6, 6.07) is 4.70. The number of benzene rings is 1. The number of hydrogen-bond acceptors (Lipinski definition) is 2. The molecule has 2 amide bonds. The summed E-state index contributed by atoms with van der Waals surface area (Å²) in [4.78, 5) is 22.9. The number of amides is 2. The highest BCUT2D eigenvalue weighted by Gasteiger charge is 2.24. The van der Waals surface area contributed by atoms with Crippen molar-refractivity contribution in [1.29, 1.82) is 0 Å². The van der Waals surface area contributed by atoms with E-state index in [0.717, 1.165) is 12.3 Å². The number of hydrogen-bond donors (Lipinski definition) is 3. The van der Waals surface area contributed by atoms with Gasteiger partial charge in [-0.1, -0.05) is 18.9 Å². The van der Waals surface area contributed by atoms with Crippen LogP contribution >= 0.6 is 0 Å². The van der Waals surface area contributed by atoms with E-state index in [2.05, 4.69) is 10.6 Å². The first kappa shape index (κ1) is 14.4. The van der Waals surface area contributed by atoms with E-state index in [-0.39, 0.29) is 17.6 Å². The quantitative estimate of drug-likeness (QED) is 0.773. The predicted octanol–water partition coefficient (Wildman–Crippen LogP) is 3.00. The van der Waals surface area contributed by atoms with Crippen LogP contribution in [-0.2, 0) is 0 Å². The molecule has 1 unspecified atom stereocenters. The van der Waals surface area contributed by atoms with Crippen molar-refractivity contribution in [3.05, 3.63) is 29.3 Å². The number of rotatable bonds is 5. The third-order valence-electron chi connectivity index (χ3n) is 3.49. The number of anilines is 1. The molecule has 1 atom stereocenters. The SMILES string of the molecule is Cc1ccc(NC(=O)NC(C)CC2CC2)cc1C(=O)O. The molecule has 1 saturated carbocycles. The summed E-state index contributed by atoms with van der Waals surface area (Å²) >= 11 is 0. The molecular formula is C15H20N2O3. The van der Waals surface area contributed by atoms with Crippen molar-refractivity contribution in [2.75, 3.05) is 5.32 Å². The topological polar surface area (TPSA) is 78.4 Å². The number of aromatic carboxylic acids is 1. The maximum Gasteiger partial charge on any atom is 0.336 e. The number of carboxylic acid groups (broad SMARTS) is 1. The fourth-order valence-corrected chi connectivity index (χ4v) is 2.23. The zero-order valence-electron chi connectivity index (χ0n) is 11.8. The van der Waals surface area contributed by atoms with E-state index >= 15 is 0 Å². The van der Waals surface area contributed by atoms with Gasteiger partial charge in [0.25, 0.3) is 0 Å². The molecule has 108 valence electrons. The summed E-state index contributed by atoms with van der Waals surface area (Å²) in [5.74, 6) is -0.239. The Hall–Kier alpha value is -2.04. The molecule has 5 heteroatoms. The minimum Gasteiger partial charge on any atom is -0.478 e. The highest BCUT2D eigenvalue weighted by atomic mass is 16.4. The summed E-state index contributed by atoms with van der Waals surface area (Å²) in [6.07, 6.45) is 3.52. The Labute approximate surface area is 118 Å². The van der Waals surface area contributed by atoms with Crippen molar-refractivity contribution < 1.29 is 14.7 Å². The lowest BCUT2D eigenvalue weighted by molar-refractivity contribution is 0.0696. The largest absolute Gasteiger partial charge is 0.478 e. The maximum atomic E-state index is 11.8. The van der Waals surface area contributed by atoms with Crippen LogP contribution in [0.3, 0.4) is 0 Å². The van der Waals surface area contributed by atoms with Gasteiger partial charge < -0.3 is 15.7 Å². The number of carbonyl (C=O) groups excluding carboxylic acids is 1. The van der Waals surface area contributed by atoms with E-state index in [4.69, 9.17) is 5.11 Å². The van der Waals surface area contributed by atoms with Gasteiger partial charge >= 0.3 is 12.0 Å². The van der Waals surface area contributed by atoms with Crippen molar-refractivity contribution in [3.63, 3.8) is 0 Å². The van der Waals surface area contributed by atoms with Crippen LogP contribution in [0.2, 0.25) is 0 Å². The molecule has 0 bridgehead atoms. The molecule has 0 saturated heterocycles. The van der Waals surface area contributed by atoms with E-state index in [1.54, 1.807) is 19.1 Å². The average molecular weight is 276 g/mol. The second kappa shape index (κ2) is 5.94. The third kappa shape index (κ3) is 3.98. The van der Waals surface area contributed by atoms with Crippen LogP contribution in [0.5, 0.6) is 0 Å². The second-order valence-corrected chi connectivity index (χ2v) is 5.51. The fourth-order valence-electron chi connectivity index (χ4n) is 2.23. The van der Waals surface area contributed by atoms with E-state index < -0.39 is 5.97 Å². The number of nitrogens with one attached hydrogen (secondary N) is 2. The standard InChI is InChI=1S/C15H20N2O3/c1-9-3-6-12(8-13(9)14(18)19)17-15(20)16-10(2)7-11-4-5-11/h3,6,8,10-11H,4-5,7H2,1-2H3,(H,18,19)(H2,16,17,20). The molecule has 20 heavy (non-hydrogen) atoms. The number of carbonyl (C=O) groups is 2. The fraction of sp³-hybridized carbons (Fsp3) is 0.467. The van der Waals surface area contributed by atoms with Crippen LogP contribution in [-0.4, -0.2) is 23.1 Å². The molecule has 3 N–H and O–H groups in total. The van der Waals surface area contributed by atoms with Gasteiger partial charge in [0.15, 0.2) is 0 Å². The second-order valence-electron chi connectivity index (χ2n) is 5.51. The van der Waals surface area contributed by atoms with Gasteiger partial charge in [0, 0.05) is 11.7 Å². The first-order chi connectivity index (χ1) is 9.45. The lowest BCUT2D eigenvalue weighted by atomic mass is 10.1. The van der Waals surface area contributed by atoms with Gasteiger partial charge in [-0.05, 0) is 43.9 Å². The molecule has 1 fully saturated rings. The monoisotopic (exact) mass is 276 g/mol. The Morgan fingerprint density at radius 1 is 1.40 bits per heavy atom. The first-order valence-electron chi connectivity index (χ1n) is 6.87. The van der Waals surface area contributed by atoms with E-state index in [1.165, 1.54) is 18.9 Å². The van der Waals surface area contributed by atoms with Gasteiger partial charge in [0.1, 0.15) is 0 Å². The molecule has 0 radical (unpaired) electrons. The normalized spacial score (nSPS) is 15.5. The minimum atomic E-state index is -0.992. The summed E-state index contributed by atoms with van der Waals surface area (Å²) in [7, 11) is 0. The minimum absolute atomic E-state index is 0.131. The Morgan fingerprint density at radius 2 is 2.10 bits per heavy atom. The van der Waals surface area contributed by atoms with E-state index in [9.17, 15) is 9.59 Å². The molecule has 1 aliphatic carbocycles. The molecular weight excluding hydrogens is 256 g/mol. The van der Waals surface area contributed by atoms with Crippen LogP contribution in [0.25, 0.3) is 0 Å². The number of carboxylic acids is 1. The zero-order chi connectivity index (χ0) is 14.7. The summed E-state index contributed by atoms with van der Waals surface area (Å²) in [5.41, 5.74) is 1.36. The Kier molecular flexibility index (Phi) is 4.27. The molecule has 1 aromatic carbocycles.